The number of ether oxygens (including phenoxy) is 6. The fourth-order valence-corrected chi connectivity index (χ4v) is 6.70. The highest BCUT2D eigenvalue weighted by Gasteiger charge is 2.50. The summed E-state index contributed by atoms with van der Waals surface area (Å²) in [5, 5.41) is 0. The topological polar surface area (TPSA) is 78.9 Å². The van der Waals surface area contributed by atoms with E-state index in [1.54, 1.807) is 42.7 Å². The quantitative estimate of drug-likeness (QED) is 0.332. The largest absolute Gasteiger partial charge is 0.496 e. The first-order valence-corrected chi connectivity index (χ1v) is 14.2. The molecule has 2 aliphatic heterocycles. The van der Waals surface area contributed by atoms with E-state index >= 15 is 0 Å². The van der Waals surface area contributed by atoms with Gasteiger partial charge < -0.3 is 33.3 Å². The maximum absolute atomic E-state index is 14.4. The zero-order valence-corrected chi connectivity index (χ0v) is 26.4. The summed E-state index contributed by atoms with van der Waals surface area (Å²) in [6.45, 7) is 4.28. The molecule has 43 heavy (non-hydrogen) atoms. The summed E-state index contributed by atoms with van der Waals surface area (Å²) in [6, 6.07) is 11.1. The van der Waals surface area contributed by atoms with Crippen LogP contribution in [0.25, 0.3) is 6.08 Å². The summed E-state index contributed by atoms with van der Waals surface area (Å²) >= 11 is 0. The predicted molar refractivity (Wildman–Crippen MR) is 165 cm³/mol. The lowest BCUT2D eigenvalue weighted by atomic mass is 9.80. The summed E-state index contributed by atoms with van der Waals surface area (Å²) in [5.74, 6) is 3.73. The zero-order valence-electron chi connectivity index (χ0n) is 26.4. The van der Waals surface area contributed by atoms with Crippen molar-refractivity contribution in [1.82, 2.24) is 9.80 Å². The SMILES string of the molecule is COc1cc(/C=C2\[C@H]3c4c(c(OC)c(C)c(OC)c4OC)C[C@@H](C(=O)N2Cc2ccccc2)N3C)c(OC)c(C)c1OC. The molecule has 0 saturated carbocycles. The minimum absolute atomic E-state index is 0.00478. The van der Waals surface area contributed by atoms with Gasteiger partial charge in [-0.05, 0) is 38.6 Å². The van der Waals surface area contributed by atoms with Crippen LogP contribution >= 0.6 is 0 Å². The lowest BCUT2D eigenvalue weighted by Gasteiger charge is -2.50. The Kier molecular flexibility index (Phi) is 8.46. The Morgan fingerprint density at radius 3 is 1.98 bits per heavy atom. The van der Waals surface area contributed by atoms with Gasteiger partial charge in [-0.2, -0.15) is 0 Å². The molecule has 228 valence electrons. The smallest absolute Gasteiger partial charge is 0.244 e. The van der Waals surface area contributed by atoms with Gasteiger partial charge in [-0.15, -0.1) is 0 Å². The highest BCUT2D eigenvalue weighted by molar-refractivity contribution is 5.89. The van der Waals surface area contributed by atoms with E-state index in [1.807, 2.05) is 68.3 Å². The molecular formula is C34H40N2O7. The van der Waals surface area contributed by atoms with Gasteiger partial charge in [0.15, 0.2) is 23.0 Å². The molecule has 9 nitrogen and oxygen atoms in total. The maximum atomic E-state index is 14.4. The number of benzene rings is 3. The zero-order chi connectivity index (χ0) is 31.0. The maximum Gasteiger partial charge on any atom is 0.244 e. The number of hydrogen-bond acceptors (Lipinski definition) is 8. The van der Waals surface area contributed by atoms with E-state index < -0.39 is 6.04 Å². The van der Waals surface area contributed by atoms with Gasteiger partial charge in [-0.25, -0.2) is 0 Å². The summed E-state index contributed by atoms with van der Waals surface area (Å²) in [7, 11) is 11.8. The molecule has 2 bridgehead atoms. The number of likely N-dealkylation sites (N-methyl/N-ethyl adjacent to an activating group) is 1. The Morgan fingerprint density at radius 1 is 0.791 bits per heavy atom. The number of rotatable bonds is 9. The van der Waals surface area contributed by atoms with Crippen molar-refractivity contribution in [3.05, 3.63) is 75.5 Å². The van der Waals surface area contributed by atoms with Gasteiger partial charge in [-0.3, -0.25) is 9.69 Å². The van der Waals surface area contributed by atoms with Crippen LogP contribution in [0.3, 0.4) is 0 Å². The molecule has 2 heterocycles. The lowest BCUT2D eigenvalue weighted by Crippen LogP contribution is -2.58. The van der Waals surface area contributed by atoms with Gasteiger partial charge in [0, 0.05) is 39.9 Å². The number of amides is 1. The number of methoxy groups -OCH3 is 6. The number of nitrogens with zero attached hydrogens (tertiary/aromatic N) is 2. The third-order valence-electron chi connectivity index (χ3n) is 8.63. The van der Waals surface area contributed by atoms with Crippen molar-refractivity contribution in [2.45, 2.75) is 38.9 Å². The summed E-state index contributed by atoms with van der Waals surface area (Å²) < 4.78 is 35.2. The molecule has 2 atom stereocenters. The van der Waals surface area contributed by atoms with Gasteiger partial charge in [0.25, 0.3) is 0 Å². The molecule has 5 rings (SSSR count). The summed E-state index contributed by atoms with van der Waals surface area (Å²) in [5.41, 5.74) is 6.02. The van der Waals surface area contributed by atoms with Gasteiger partial charge >= 0.3 is 0 Å². The number of carbonyl (C=O) groups is 1. The minimum atomic E-state index is -0.404. The van der Waals surface area contributed by atoms with Crippen LogP contribution in [0, 0.1) is 13.8 Å². The van der Waals surface area contributed by atoms with Gasteiger partial charge in [0.2, 0.25) is 5.91 Å². The second-order valence-corrected chi connectivity index (χ2v) is 10.7. The molecule has 3 aromatic rings. The van der Waals surface area contributed by atoms with E-state index in [9.17, 15) is 4.79 Å². The standard InChI is InChI=1S/C34H40N2O7/c1-19-29(39-5)22(16-26(38-4)31(19)41-7)15-24-28-27-23(30(40-6)20(2)32(42-8)33(27)43-9)17-25(35(28)3)34(37)36(24)18-21-13-11-10-12-14-21/h10-16,25,28H,17-18H2,1-9H3/b24-15+/t25-,28-/m0/s1. The monoisotopic (exact) mass is 588 g/mol. The molecule has 0 aromatic heterocycles. The minimum Gasteiger partial charge on any atom is -0.496 e. The molecule has 0 aliphatic carbocycles. The molecule has 0 N–H and O–H groups in total. The summed E-state index contributed by atoms with van der Waals surface area (Å²) in [6.07, 6.45) is 2.49. The van der Waals surface area contributed by atoms with E-state index in [0.29, 0.717) is 47.5 Å². The average Bonchev–Trinajstić information content (AvgIpc) is 3.01. The van der Waals surface area contributed by atoms with Crippen LogP contribution in [-0.2, 0) is 17.8 Å². The van der Waals surface area contributed by atoms with Crippen molar-refractivity contribution < 1.29 is 33.2 Å². The van der Waals surface area contributed by atoms with E-state index in [4.69, 9.17) is 28.4 Å². The molecule has 0 radical (unpaired) electrons. The first kappa shape index (κ1) is 30.1. The van der Waals surface area contributed by atoms with E-state index in [-0.39, 0.29) is 11.9 Å². The second-order valence-electron chi connectivity index (χ2n) is 10.7. The molecule has 0 spiro atoms. The first-order chi connectivity index (χ1) is 20.8. The fraction of sp³-hybridized carbons (Fsp3) is 0.382. The van der Waals surface area contributed by atoms with Crippen LogP contribution in [0.2, 0.25) is 0 Å². The Hall–Kier alpha value is -4.37. The van der Waals surface area contributed by atoms with Crippen molar-refractivity contribution in [1.29, 1.82) is 0 Å². The molecule has 3 aromatic carbocycles. The van der Waals surface area contributed by atoms with E-state index in [0.717, 1.165) is 39.1 Å². The Labute approximate surface area is 253 Å². The van der Waals surface area contributed by atoms with Crippen LogP contribution < -0.4 is 28.4 Å². The van der Waals surface area contributed by atoms with Crippen LogP contribution in [0.4, 0.5) is 0 Å². The molecular weight excluding hydrogens is 548 g/mol. The number of carbonyl (C=O) groups excluding carboxylic acids is 1. The number of fused-ring (bicyclic) bond motifs is 4. The van der Waals surface area contributed by atoms with Gasteiger partial charge in [-0.1, -0.05) is 30.3 Å². The molecule has 9 heteroatoms. The Morgan fingerprint density at radius 2 is 1.40 bits per heavy atom. The van der Waals surface area contributed by atoms with Gasteiger partial charge in [0.05, 0.1) is 61.3 Å². The summed E-state index contributed by atoms with van der Waals surface area (Å²) in [4.78, 5) is 18.4. The first-order valence-electron chi connectivity index (χ1n) is 14.2. The van der Waals surface area contributed by atoms with Crippen LogP contribution in [0.5, 0.6) is 34.5 Å². The number of hydrogen-bond donors (Lipinski definition) is 0. The molecule has 1 saturated heterocycles. The van der Waals surface area contributed by atoms with Crippen molar-refractivity contribution >= 4 is 12.0 Å². The normalized spacial score (nSPS) is 18.8. The highest BCUT2D eigenvalue weighted by Crippen LogP contribution is 2.55. The predicted octanol–water partition coefficient (Wildman–Crippen LogP) is 5.34. The van der Waals surface area contributed by atoms with E-state index in [1.165, 1.54) is 0 Å². The molecule has 1 amide bonds. The fourth-order valence-electron chi connectivity index (χ4n) is 6.70. The average molecular weight is 589 g/mol. The van der Waals surface area contributed by atoms with Gasteiger partial charge in [0.1, 0.15) is 11.5 Å². The van der Waals surface area contributed by atoms with Crippen molar-refractivity contribution in [2.24, 2.45) is 0 Å². The van der Waals surface area contributed by atoms with Crippen LogP contribution in [0.15, 0.2) is 42.1 Å². The lowest BCUT2D eigenvalue weighted by molar-refractivity contribution is -0.141. The van der Waals surface area contributed by atoms with Crippen LogP contribution in [0.1, 0.15) is 39.4 Å². The second kappa shape index (κ2) is 12.1. The Bertz CT molecular complexity index is 1570. The van der Waals surface area contributed by atoms with Crippen molar-refractivity contribution in [3.63, 3.8) is 0 Å². The van der Waals surface area contributed by atoms with Crippen molar-refractivity contribution in [3.8, 4) is 34.5 Å². The molecule has 1 fully saturated rings. The molecule has 0 unspecified atom stereocenters. The Balaban J connectivity index is 1.85. The third kappa shape index (κ3) is 4.81. The van der Waals surface area contributed by atoms with E-state index in [2.05, 4.69) is 4.90 Å². The third-order valence-corrected chi connectivity index (χ3v) is 8.63. The van der Waals surface area contributed by atoms with Crippen LogP contribution in [-0.4, -0.2) is 71.5 Å². The molecule has 2 aliphatic rings. The van der Waals surface area contributed by atoms with Crippen molar-refractivity contribution in [2.75, 3.05) is 49.7 Å². The number of piperazine rings is 1. The highest BCUT2D eigenvalue weighted by atomic mass is 16.5.